The first kappa shape index (κ1) is 17.0. The molecule has 132 valence electrons. The Labute approximate surface area is 144 Å². The fourth-order valence-corrected chi connectivity index (χ4v) is 3.07. The summed E-state index contributed by atoms with van der Waals surface area (Å²) in [6, 6.07) is 6.54. The highest BCUT2D eigenvalue weighted by Gasteiger charge is 2.27. The minimum Gasteiger partial charge on any atom is -0.484 e. The number of primary amides is 1. The Morgan fingerprint density at radius 1 is 1.36 bits per heavy atom. The Balaban J connectivity index is 1.67. The second-order valence-electron chi connectivity index (χ2n) is 6.28. The summed E-state index contributed by atoms with van der Waals surface area (Å²) in [4.78, 5) is 36.7. The van der Waals surface area contributed by atoms with E-state index in [1.807, 2.05) is 6.92 Å². The lowest BCUT2D eigenvalue weighted by Crippen LogP contribution is -2.45. The molecule has 1 atom stereocenters. The van der Waals surface area contributed by atoms with Gasteiger partial charge in [-0.2, -0.15) is 0 Å². The molecule has 0 radical (unpaired) electrons. The molecule has 1 aromatic carbocycles. The average molecular weight is 344 g/mol. The number of carbonyl (C=O) groups excluding carboxylic acids is 2. The number of nitrogens with two attached hydrogens (primary N) is 1. The fraction of sp³-hybridized carbons (Fsp3) is 0.389. The number of amides is 2. The van der Waals surface area contributed by atoms with Gasteiger partial charge < -0.3 is 19.8 Å². The van der Waals surface area contributed by atoms with Crippen molar-refractivity contribution in [1.29, 1.82) is 0 Å². The van der Waals surface area contributed by atoms with E-state index in [-0.39, 0.29) is 24.3 Å². The van der Waals surface area contributed by atoms with Crippen LogP contribution < -0.4 is 16.1 Å². The fourth-order valence-electron chi connectivity index (χ4n) is 3.07. The maximum atomic E-state index is 12.3. The summed E-state index contributed by atoms with van der Waals surface area (Å²) in [5.41, 5.74) is 6.14. The second-order valence-corrected chi connectivity index (χ2v) is 6.28. The van der Waals surface area contributed by atoms with Crippen molar-refractivity contribution in [2.45, 2.75) is 19.8 Å². The summed E-state index contributed by atoms with van der Waals surface area (Å²) in [6.07, 6.45) is 1.46. The van der Waals surface area contributed by atoms with E-state index in [0.29, 0.717) is 30.8 Å². The van der Waals surface area contributed by atoms with E-state index in [1.54, 1.807) is 23.1 Å². The summed E-state index contributed by atoms with van der Waals surface area (Å²) in [6.45, 7) is 2.61. The third kappa shape index (κ3) is 3.81. The molecule has 7 nitrogen and oxygen atoms in total. The van der Waals surface area contributed by atoms with Crippen LogP contribution in [0.25, 0.3) is 11.0 Å². The van der Waals surface area contributed by atoms with Crippen LogP contribution in [-0.4, -0.2) is 36.4 Å². The van der Waals surface area contributed by atoms with E-state index < -0.39 is 5.63 Å². The van der Waals surface area contributed by atoms with E-state index in [4.69, 9.17) is 14.9 Å². The number of aryl methyl sites for hydroxylation is 1. The van der Waals surface area contributed by atoms with Crippen LogP contribution in [0.4, 0.5) is 0 Å². The van der Waals surface area contributed by atoms with Crippen LogP contribution in [0.1, 0.15) is 18.4 Å². The van der Waals surface area contributed by atoms with Gasteiger partial charge in [0.1, 0.15) is 11.3 Å². The smallest absolute Gasteiger partial charge is 0.336 e. The van der Waals surface area contributed by atoms with Crippen LogP contribution in [0.5, 0.6) is 5.75 Å². The maximum Gasteiger partial charge on any atom is 0.336 e. The molecule has 2 aromatic rings. The molecule has 1 aliphatic rings. The lowest BCUT2D eigenvalue weighted by molar-refractivity contribution is -0.136. The summed E-state index contributed by atoms with van der Waals surface area (Å²) < 4.78 is 10.7. The molecule has 2 heterocycles. The molecule has 7 heteroatoms. The van der Waals surface area contributed by atoms with Crippen molar-refractivity contribution in [1.82, 2.24) is 4.90 Å². The van der Waals surface area contributed by atoms with Crippen molar-refractivity contribution in [3.8, 4) is 5.75 Å². The van der Waals surface area contributed by atoms with Gasteiger partial charge in [-0.05, 0) is 37.5 Å². The Kier molecular flexibility index (Phi) is 4.74. The zero-order valence-corrected chi connectivity index (χ0v) is 14.0. The van der Waals surface area contributed by atoms with E-state index in [0.717, 1.165) is 17.4 Å². The number of carbonyl (C=O) groups is 2. The largest absolute Gasteiger partial charge is 0.484 e. The van der Waals surface area contributed by atoms with E-state index in [1.165, 1.54) is 6.07 Å². The SMILES string of the molecule is Cc1cc(=O)oc2cc(OCC(=O)N3CCCC(C(N)=O)C3)ccc12. The van der Waals surface area contributed by atoms with Crippen molar-refractivity contribution in [2.75, 3.05) is 19.7 Å². The van der Waals surface area contributed by atoms with Crippen LogP contribution in [0, 0.1) is 12.8 Å². The van der Waals surface area contributed by atoms with Crippen LogP contribution in [0.15, 0.2) is 33.5 Å². The number of likely N-dealkylation sites (tertiary alicyclic amines) is 1. The van der Waals surface area contributed by atoms with Crippen molar-refractivity contribution in [3.63, 3.8) is 0 Å². The van der Waals surface area contributed by atoms with Gasteiger partial charge in [0.05, 0.1) is 5.92 Å². The number of rotatable bonds is 4. The Hall–Kier alpha value is -2.83. The highest BCUT2D eigenvalue weighted by molar-refractivity contribution is 5.82. The zero-order valence-electron chi connectivity index (χ0n) is 14.0. The maximum absolute atomic E-state index is 12.3. The van der Waals surface area contributed by atoms with Gasteiger partial charge >= 0.3 is 5.63 Å². The van der Waals surface area contributed by atoms with Gasteiger partial charge in [-0.1, -0.05) is 0 Å². The van der Waals surface area contributed by atoms with Gasteiger partial charge in [0.2, 0.25) is 5.91 Å². The Morgan fingerprint density at radius 2 is 2.16 bits per heavy atom. The van der Waals surface area contributed by atoms with Crippen LogP contribution >= 0.6 is 0 Å². The highest BCUT2D eigenvalue weighted by Crippen LogP contribution is 2.22. The number of nitrogens with zero attached hydrogens (tertiary/aromatic N) is 1. The molecule has 2 N–H and O–H groups in total. The number of hydrogen-bond donors (Lipinski definition) is 1. The summed E-state index contributed by atoms with van der Waals surface area (Å²) in [5.74, 6) is -0.427. The van der Waals surface area contributed by atoms with Gasteiger partial charge in [0.25, 0.3) is 5.91 Å². The number of hydrogen-bond acceptors (Lipinski definition) is 5. The van der Waals surface area contributed by atoms with E-state index in [9.17, 15) is 14.4 Å². The van der Waals surface area contributed by atoms with Crippen molar-refractivity contribution >= 4 is 22.8 Å². The van der Waals surface area contributed by atoms with Gasteiger partial charge in [-0.25, -0.2) is 4.79 Å². The van der Waals surface area contributed by atoms with Crippen LogP contribution in [0.3, 0.4) is 0 Å². The molecule has 3 rings (SSSR count). The normalized spacial score (nSPS) is 17.5. The third-order valence-corrected chi connectivity index (χ3v) is 4.46. The minimum absolute atomic E-state index is 0.146. The number of ether oxygens (including phenoxy) is 1. The molecule has 0 aliphatic carbocycles. The second kappa shape index (κ2) is 6.96. The number of piperidine rings is 1. The van der Waals surface area contributed by atoms with Crippen LogP contribution in [-0.2, 0) is 9.59 Å². The first-order chi connectivity index (χ1) is 11.9. The predicted octanol–water partition coefficient (Wildman–Crippen LogP) is 1.20. The minimum atomic E-state index is -0.427. The molecule has 0 saturated carbocycles. The average Bonchev–Trinajstić information content (AvgIpc) is 2.59. The monoisotopic (exact) mass is 344 g/mol. The molecular weight excluding hydrogens is 324 g/mol. The summed E-state index contributed by atoms with van der Waals surface area (Å²) in [7, 11) is 0. The highest BCUT2D eigenvalue weighted by atomic mass is 16.5. The van der Waals surface area contributed by atoms with Crippen molar-refractivity contribution < 1.29 is 18.7 Å². The first-order valence-corrected chi connectivity index (χ1v) is 8.18. The number of fused-ring (bicyclic) bond motifs is 1. The molecule has 2 amide bonds. The standard InChI is InChI=1S/C18H20N2O5/c1-11-7-17(22)25-15-8-13(4-5-14(11)15)24-10-16(21)20-6-2-3-12(9-20)18(19)23/h4-5,7-8,12H,2-3,6,9-10H2,1H3,(H2,19,23). The Bertz CT molecular complexity index is 873. The molecular formula is C18H20N2O5. The van der Waals surface area contributed by atoms with Crippen LogP contribution in [0.2, 0.25) is 0 Å². The van der Waals surface area contributed by atoms with Crippen molar-refractivity contribution in [2.24, 2.45) is 11.7 Å². The predicted molar refractivity (Wildman–Crippen MR) is 91.2 cm³/mol. The molecule has 1 aromatic heterocycles. The quantitative estimate of drug-likeness (QED) is 0.840. The van der Waals surface area contributed by atoms with Crippen molar-refractivity contribution in [3.05, 3.63) is 40.2 Å². The Morgan fingerprint density at radius 3 is 2.92 bits per heavy atom. The van der Waals surface area contributed by atoms with E-state index in [2.05, 4.69) is 0 Å². The summed E-state index contributed by atoms with van der Waals surface area (Å²) in [5, 5.41) is 0.818. The van der Waals surface area contributed by atoms with Gasteiger partial charge in [0.15, 0.2) is 6.61 Å². The van der Waals surface area contributed by atoms with Gasteiger partial charge in [-0.3, -0.25) is 9.59 Å². The molecule has 25 heavy (non-hydrogen) atoms. The molecule has 0 bridgehead atoms. The molecule has 1 fully saturated rings. The van der Waals surface area contributed by atoms with Gasteiger partial charge in [-0.15, -0.1) is 0 Å². The molecule has 0 spiro atoms. The lowest BCUT2D eigenvalue weighted by atomic mass is 9.97. The molecule has 1 aliphatic heterocycles. The topological polar surface area (TPSA) is 103 Å². The van der Waals surface area contributed by atoms with E-state index >= 15 is 0 Å². The lowest BCUT2D eigenvalue weighted by Gasteiger charge is -2.31. The summed E-state index contributed by atoms with van der Waals surface area (Å²) >= 11 is 0. The van der Waals surface area contributed by atoms with Gasteiger partial charge in [0, 0.05) is 30.6 Å². The zero-order chi connectivity index (χ0) is 18.0. The first-order valence-electron chi connectivity index (χ1n) is 8.18. The molecule has 1 saturated heterocycles. The molecule has 1 unspecified atom stereocenters. The third-order valence-electron chi connectivity index (χ3n) is 4.46. The number of benzene rings is 1.